The summed E-state index contributed by atoms with van der Waals surface area (Å²) >= 11 is 0. The fourth-order valence-corrected chi connectivity index (χ4v) is 0.485. The Kier molecular flexibility index (Phi) is 4.19. The molecule has 0 saturated heterocycles. The maximum atomic E-state index is 10.7. The minimum absolute atomic E-state index is 0.0302. The molecule has 0 N–H and O–H groups in total. The van der Waals surface area contributed by atoms with Gasteiger partial charge in [-0.3, -0.25) is 9.59 Å². The second-order valence-electron chi connectivity index (χ2n) is 2.81. The van der Waals surface area contributed by atoms with Crippen LogP contribution in [0, 0.1) is 0 Å². The van der Waals surface area contributed by atoms with Gasteiger partial charge in [-0.05, 0) is 38.8 Å². The second-order valence-corrected chi connectivity index (χ2v) is 2.81. The lowest BCUT2D eigenvalue weighted by molar-refractivity contribution is -0.114. The first-order valence-corrected chi connectivity index (χ1v) is 3.82. The maximum Gasteiger partial charge on any atom is 0.155 e. The molecular formula is C10H14O2. The first-order valence-electron chi connectivity index (χ1n) is 3.82. The minimum atomic E-state index is 0.0302. The Morgan fingerprint density at radius 1 is 0.750 bits per heavy atom. The third-order valence-electron chi connectivity index (χ3n) is 1.69. The van der Waals surface area contributed by atoms with Gasteiger partial charge in [0.15, 0.2) is 11.6 Å². The third kappa shape index (κ3) is 3.86. The molecule has 0 aliphatic rings. The third-order valence-corrected chi connectivity index (χ3v) is 1.69. The molecule has 0 amide bonds. The van der Waals surface area contributed by atoms with Crippen molar-refractivity contribution in [2.24, 2.45) is 0 Å². The molecule has 0 atom stereocenters. The fraction of sp³-hybridized carbons (Fsp3) is 0.400. The first-order chi connectivity index (χ1) is 5.45. The number of ketones is 2. The fourth-order valence-electron chi connectivity index (χ4n) is 0.485. The number of carbonyl (C=O) groups is 2. The van der Waals surface area contributed by atoms with E-state index in [1.807, 2.05) is 0 Å². The minimum Gasteiger partial charge on any atom is -0.295 e. The first kappa shape index (κ1) is 10.8. The summed E-state index contributed by atoms with van der Waals surface area (Å²) in [5, 5.41) is 0. The molecule has 0 aromatic rings. The molecule has 0 radical (unpaired) electrons. The highest BCUT2D eigenvalue weighted by Gasteiger charge is 1.95. The van der Waals surface area contributed by atoms with Crippen LogP contribution in [0.2, 0.25) is 0 Å². The van der Waals surface area contributed by atoms with Crippen molar-refractivity contribution < 1.29 is 9.59 Å². The van der Waals surface area contributed by atoms with E-state index in [1.165, 1.54) is 13.8 Å². The summed E-state index contributed by atoms with van der Waals surface area (Å²) in [4.78, 5) is 21.5. The zero-order chi connectivity index (χ0) is 9.72. The Balaban J connectivity index is 4.48. The molecule has 12 heavy (non-hydrogen) atoms. The zero-order valence-electron chi connectivity index (χ0n) is 7.97. The van der Waals surface area contributed by atoms with Crippen molar-refractivity contribution in [3.05, 3.63) is 23.3 Å². The molecule has 0 fully saturated rings. The van der Waals surface area contributed by atoms with Crippen molar-refractivity contribution >= 4 is 11.6 Å². The molecular weight excluding hydrogens is 152 g/mol. The predicted molar refractivity (Wildman–Crippen MR) is 48.9 cm³/mol. The van der Waals surface area contributed by atoms with Crippen molar-refractivity contribution in [3.63, 3.8) is 0 Å². The van der Waals surface area contributed by atoms with Crippen LogP contribution in [0.1, 0.15) is 27.7 Å². The Labute approximate surface area is 73.0 Å². The zero-order valence-corrected chi connectivity index (χ0v) is 7.97. The molecule has 0 spiro atoms. The van der Waals surface area contributed by atoms with Gasteiger partial charge < -0.3 is 0 Å². The average Bonchev–Trinajstić information content (AvgIpc) is 1.98. The van der Waals surface area contributed by atoms with Gasteiger partial charge in [-0.25, -0.2) is 0 Å². The van der Waals surface area contributed by atoms with Crippen molar-refractivity contribution in [2.75, 3.05) is 0 Å². The monoisotopic (exact) mass is 166 g/mol. The molecule has 0 unspecified atom stereocenters. The summed E-state index contributed by atoms with van der Waals surface area (Å²) in [5.41, 5.74) is 1.33. The van der Waals surface area contributed by atoms with Crippen LogP contribution in [0.5, 0.6) is 0 Å². The smallest absolute Gasteiger partial charge is 0.155 e. The van der Waals surface area contributed by atoms with Gasteiger partial charge in [0.2, 0.25) is 0 Å². The molecule has 2 heteroatoms. The summed E-state index contributed by atoms with van der Waals surface area (Å²) in [5.74, 6) is 0.0604. The van der Waals surface area contributed by atoms with Crippen LogP contribution in [0.15, 0.2) is 23.3 Å². The molecule has 0 aromatic heterocycles. The Bertz CT molecular complexity index is 229. The lowest BCUT2D eigenvalue weighted by atomic mass is 10.1. The SMILES string of the molecule is CC(=O)/C(C)=C\C=C(/C)C(C)=O. The molecule has 0 aliphatic carbocycles. The Morgan fingerprint density at radius 3 is 1.17 bits per heavy atom. The van der Waals surface area contributed by atoms with E-state index in [2.05, 4.69) is 0 Å². The van der Waals surface area contributed by atoms with Crippen molar-refractivity contribution in [1.29, 1.82) is 0 Å². The topological polar surface area (TPSA) is 34.1 Å². The van der Waals surface area contributed by atoms with Crippen LogP contribution < -0.4 is 0 Å². The van der Waals surface area contributed by atoms with E-state index in [0.29, 0.717) is 11.1 Å². The van der Waals surface area contributed by atoms with E-state index in [9.17, 15) is 9.59 Å². The number of hydrogen-bond acceptors (Lipinski definition) is 2. The van der Waals surface area contributed by atoms with Gasteiger partial charge in [-0.1, -0.05) is 12.2 Å². The largest absolute Gasteiger partial charge is 0.295 e. The number of allylic oxidation sites excluding steroid dienone is 4. The molecule has 0 rings (SSSR count). The molecule has 0 aromatic carbocycles. The van der Waals surface area contributed by atoms with Crippen LogP contribution in [0.3, 0.4) is 0 Å². The number of hydrogen-bond donors (Lipinski definition) is 0. The van der Waals surface area contributed by atoms with Gasteiger partial charge in [0.1, 0.15) is 0 Å². The molecule has 66 valence electrons. The van der Waals surface area contributed by atoms with Gasteiger partial charge in [0.25, 0.3) is 0 Å². The summed E-state index contributed by atoms with van der Waals surface area (Å²) < 4.78 is 0. The van der Waals surface area contributed by atoms with Crippen LogP contribution in [0.25, 0.3) is 0 Å². The molecule has 0 heterocycles. The summed E-state index contributed by atoms with van der Waals surface area (Å²) in [6, 6.07) is 0. The van der Waals surface area contributed by atoms with Gasteiger partial charge in [-0.2, -0.15) is 0 Å². The van der Waals surface area contributed by atoms with E-state index in [-0.39, 0.29) is 11.6 Å². The Morgan fingerprint density at radius 2 is 1.00 bits per heavy atom. The quantitative estimate of drug-likeness (QED) is 0.475. The highest BCUT2D eigenvalue weighted by atomic mass is 16.1. The predicted octanol–water partition coefficient (Wildman–Crippen LogP) is 2.06. The van der Waals surface area contributed by atoms with E-state index < -0.39 is 0 Å². The second kappa shape index (κ2) is 4.65. The highest BCUT2D eigenvalue weighted by Crippen LogP contribution is 1.99. The average molecular weight is 166 g/mol. The number of rotatable bonds is 3. The molecule has 0 aliphatic heterocycles. The molecule has 2 nitrogen and oxygen atoms in total. The lowest BCUT2D eigenvalue weighted by Crippen LogP contribution is -1.92. The van der Waals surface area contributed by atoms with Crippen LogP contribution in [-0.2, 0) is 9.59 Å². The van der Waals surface area contributed by atoms with Gasteiger partial charge in [-0.15, -0.1) is 0 Å². The van der Waals surface area contributed by atoms with E-state index in [4.69, 9.17) is 0 Å². The van der Waals surface area contributed by atoms with Gasteiger partial charge in [0, 0.05) is 0 Å². The molecule has 0 saturated carbocycles. The lowest BCUT2D eigenvalue weighted by Gasteiger charge is -1.92. The summed E-state index contributed by atoms with van der Waals surface area (Å²) in [7, 11) is 0. The highest BCUT2D eigenvalue weighted by molar-refractivity contribution is 5.95. The van der Waals surface area contributed by atoms with Gasteiger partial charge in [0.05, 0.1) is 0 Å². The molecule has 0 bridgehead atoms. The van der Waals surface area contributed by atoms with Crippen LogP contribution in [-0.4, -0.2) is 11.6 Å². The van der Waals surface area contributed by atoms with Crippen molar-refractivity contribution in [3.8, 4) is 0 Å². The maximum absolute atomic E-state index is 10.7. The van der Waals surface area contributed by atoms with E-state index in [1.54, 1.807) is 26.0 Å². The standard InChI is InChI=1S/C10H14O2/c1-7(9(3)11)5-6-8(2)10(4)12/h5-6H,1-4H3/b7-5-,8-6+. The van der Waals surface area contributed by atoms with Crippen LogP contribution >= 0.6 is 0 Å². The summed E-state index contributed by atoms with van der Waals surface area (Å²) in [6.07, 6.45) is 3.33. The van der Waals surface area contributed by atoms with Gasteiger partial charge >= 0.3 is 0 Å². The van der Waals surface area contributed by atoms with Crippen molar-refractivity contribution in [2.45, 2.75) is 27.7 Å². The summed E-state index contributed by atoms with van der Waals surface area (Å²) in [6.45, 7) is 6.46. The number of carbonyl (C=O) groups excluding carboxylic acids is 2. The van der Waals surface area contributed by atoms with Crippen LogP contribution in [0.4, 0.5) is 0 Å². The number of Topliss-reactive ketones (excluding diaryl/α,β-unsaturated/α-hetero) is 2. The van der Waals surface area contributed by atoms with Crippen molar-refractivity contribution in [1.82, 2.24) is 0 Å². The Hall–Kier alpha value is -1.18. The van der Waals surface area contributed by atoms with E-state index in [0.717, 1.165) is 0 Å². The normalized spacial score (nSPS) is 13.0. The van der Waals surface area contributed by atoms with E-state index >= 15 is 0 Å².